The van der Waals surface area contributed by atoms with E-state index in [1.165, 1.54) is 11.8 Å². The van der Waals surface area contributed by atoms with Gasteiger partial charge in [-0.25, -0.2) is 4.79 Å². The second kappa shape index (κ2) is 10.4. The van der Waals surface area contributed by atoms with Crippen LogP contribution in [0.2, 0.25) is 0 Å². The van der Waals surface area contributed by atoms with Crippen molar-refractivity contribution in [3.05, 3.63) is 65.2 Å². The largest absolute Gasteiger partial charge is 0.452 e. The Kier molecular flexibility index (Phi) is 7.90. The third-order valence-electron chi connectivity index (χ3n) is 3.94. The molecule has 0 aromatic heterocycles. The van der Waals surface area contributed by atoms with Gasteiger partial charge in [-0.3, -0.25) is 4.79 Å². The van der Waals surface area contributed by atoms with Gasteiger partial charge in [-0.1, -0.05) is 31.2 Å². The highest BCUT2D eigenvalue weighted by molar-refractivity contribution is 7.98. The van der Waals surface area contributed by atoms with Gasteiger partial charge in [0.15, 0.2) is 6.61 Å². The summed E-state index contributed by atoms with van der Waals surface area (Å²) in [6, 6.07) is 16.6. The van der Waals surface area contributed by atoms with Crippen molar-refractivity contribution in [2.75, 3.05) is 6.61 Å². The average Bonchev–Trinajstić information content (AvgIpc) is 2.71. The molecule has 2 rings (SSSR count). The first kappa shape index (κ1) is 20.5. The van der Waals surface area contributed by atoms with E-state index in [0.29, 0.717) is 16.9 Å². The summed E-state index contributed by atoms with van der Waals surface area (Å²) in [5, 5.41) is 11.6. The van der Waals surface area contributed by atoms with Gasteiger partial charge in [0.2, 0.25) is 0 Å². The van der Waals surface area contributed by atoms with Gasteiger partial charge in [-0.2, -0.15) is 5.26 Å². The first-order chi connectivity index (χ1) is 13.0. The summed E-state index contributed by atoms with van der Waals surface area (Å²) in [7, 11) is 0. The van der Waals surface area contributed by atoms with Gasteiger partial charge in [-0.05, 0) is 43.2 Å². The lowest BCUT2D eigenvalue weighted by atomic mass is 10.2. The van der Waals surface area contributed by atoms with Crippen LogP contribution in [0, 0.1) is 11.3 Å². The second-order valence-corrected chi connectivity index (χ2v) is 7.06. The summed E-state index contributed by atoms with van der Waals surface area (Å²) in [6.07, 6.45) is 0.814. The molecule has 0 saturated heterocycles. The summed E-state index contributed by atoms with van der Waals surface area (Å²) in [6.45, 7) is 3.57. The summed E-state index contributed by atoms with van der Waals surface area (Å²) >= 11 is 1.51. The van der Waals surface area contributed by atoms with Crippen LogP contribution in [0.4, 0.5) is 0 Å². The first-order valence-electron chi connectivity index (χ1n) is 8.70. The van der Waals surface area contributed by atoms with Crippen molar-refractivity contribution >= 4 is 23.6 Å². The summed E-state index contributed by atoms with van der Waals surface area (Å²) in [4.78, 5) is 24.9. The molecule has 1 amide bonds. The third kappa shape index (κ3) is 6.46. The van der Waals surface area contributed by atoms with Crippen LogP contribution in [0.5, 0.6) is 0 Å². The van der Waals surface area contributed by atoms with Gasteiger partial charge in [0.25, 0.3) is 5.91 Å². The molecule has 2 aromatic carbocycles. The van der Waals surface area contributed by atoms with E-state index >= 15 is 0 Å². The topological polar surface area (TPSA) is 79.2 Å². The highest BCUT2D eigenvalue weighted by atomic mass is 32.2. The molecule has 6 heteroatoms. The summed E-state index contributed by atoms with van der Waals surface area (Å²) < 4.78 is 5.16. The van der Waals surface area contributed by atoms with Gasteiger partial charge in [0.1, 0.15) is 0 Å². The molecule has 0 bridgehead atoms. The SMILES string of the molecule is CC[C@H](C)NC(=O)COC(=O)c1ccccc1SCc1ccc(C#N)cc1. The van der Waals surface area contributed by atoms with Crippen molar-refractivity contribution in [2.24, 2.45) is 0 Å². The molecule has 0 aliphatic heterocycles. The van der Waals surface area contributed by atoms with Crippen LogP contribution < -0.4 is 5.32 Å². The average molecular weight is 382 g/mol. The van der Waals surface area contributed by atoms with Crippen molar-refractivity contribution in [1.29, 1.82) is 5.26 Å². The monoisotopic (exact) mass is 382 g/mol. The van der Waals surface area contributed by atoms with Crippen LogP contribution in [0.1, 0.15) is 41.8 Å². The number of nitriles is 1. The molecule has 1 atom stereocenters. The molecule has 0 fully saturated rings. The highest BCUT2D eigenvalue weighted by Gasteiger charge is 2.15. The van der Waals surface area contributed by atoms with E-state index in [1.54, 1.807) is 24.3 Å². The van der Waals surface area contributed by atoms with E-state index in [2.05, 4.69) is 11.4 Å². The highest BCUT2D eigenvalue weighted by Crippen LogP contribution is 2.27. The van der Waals surface area contributed by atoms with Crippen LogP contribution in [-0.2, 0) is 15.3 Å². The van der Waals surface area contributed by atoms with E-state index in [9.17, 15) is 9.59 Å². The number of nitrogens with one attached hydrogen (secondary N) is 1. The van der Waals surface area contributed by atoms with E-state index in [4.69, 9.17) is 10.00 Å². The molecule has 0 radical (unpaired) electrons. The molecule has 0 aliphatic rings. The van der Waals surface area contributed by atoms with Gasteiger partial charge in [0.05, 0.1) is 17.2 Å². The smallest absolute Gasteiger partial charge is 0.339 e. The predicted molar refractivity (Wildman–Crippen MR) is 105 cm³/mol. The van der Waals surface area contributed by atoms with Gasteiger partial charge >= 0.3 is 5.97 Å². The minimum Gasteiger partial charge on any atom is -0.452 e. The maximum Gasteiger partial charge on any atom is 0.339 e. The van der Waals surface area contributed by atoms with Crippen LogP contribution in [0.3, 0.4) is 0 Å². The Labute approximate surface area is 163 Å². The van der Waals surface area contributed by atoms with Crippen LogP contribution >= 0.6 is 11.8 Å². The Morgan fingerprint density at radius 3 is 2.56 bits per heavy atom. The van der Waals surface area contributed by atoms with E-state index in [-0.39, 0.29) is 18.6 Å². The Bertz CT molecular complexity index is 828. The molecule has 0 aliphatic carbocycles. The van der Waals surface area contributed by atoms with E-state index in [0.717, 1.165) is 16.9 Å². The van der Waals surface area contributed by atoms with Crippen molar-refractivity contribution < 1.29 is 14.3 Å². The quantitative estimate of drug-likeness (QED) is 0.553. The Morgan fingerprint density at radius 1 is 1.19 bits per heavy atom. The first-order valence-corrected chi connectivity index (χ1v) is 9.69. The lowest BCUT2D eigenvalue weighted by Crippen LogP contribution is -2.35. The van der Waals surface area contributed by atoms with Crippen LogP contribution in [-0.4, -0.2) is 24.5 Å². The predicted octanol–water partition coefficient (Wildman–Crippen LogP) is 3.92. The van der Waals surface area contributed by atoms with E-state index < -0.39 is 5.97 Å². The summed E-state index contributed by atoms with van der Waals surface area (Å²) in [5.74, 6) is -0.164. The molecule has 0 saturated carbocycles. The molecule has 0 spiro atoms. The number of hydrogen-bond donors (Lipinski definition) is 1. The zero-order valence-electron chi connectivity index (χ0n) is 15.4. The summed E-state index contributed by atoms with van der Waals surface area (Å²) in [5.41, 5.74) is 2.10. The van der Waals surface area contributed by atoms with Gasteiger partial charge in [0, 0.05) is 16.7 Å². The van der Waals surface area contributed by atoms with Crippen LogP contribution in [0.25, 0.3) is 0 Å². The Hall–Kier alpha value is -2.78. The molecule has 0 unspecified atom stereocenters. The van der Waals surface area contributed by atoms with Crippen molar-refractivity contribution in [1.82, 2.24) is 5.32 Å². The number of hydrogen-bond acceptors (Lipinski definition) is 5. The van der Waals surface area contributed by atoms with Crippen molar-refractivity contribution in [3.63, 3.8) is 0 Å². The van der Waals surface area contributed by atoms with Crippen LogP contribution in [0.15, 0.2) is 53.4 Å². The fourth-order valence-corrected chi connectivity index (χ4v) is 3.22. The minimum atomic E-state index is -0.516. The number of thioether (sulfide) groups is 1. The normalized spacial score (nSPS) is 11.3. The molecular formula is C21H22N2O3S. The van der Waals surface area contributed by atoms with Crippen molar-refractivity contribution in [3.8, 4) is 6.07 Å². The molecule has 27 heavy (non-hydrogen) atoms. The lowest BCUT2D eigenvalue weighted by Gasteiger charge is -2.12. The zero-order valence-corrected chi connectivity index (χ0v) is 16.2. The minimum absolute atomic E-state index is 0.0477. The number of esters is 1. The molecule has 1 N–H and O–H groups in total. The number of carbonyl (C=O) groups excluding carboxylic acids is 2. The molecule has 140 valence electrons. The molecule has 2 aromatic rings. The molecular weight excluding hydrogens is 360 g/mol. The maximum absolute atomic E-state index is 12.4. The standard InChI is InChI=1S/C21H22N2O3S/c1-3-15(2)23-20(24)13-26-21(25)18-6-4-5-7-19(18)27-14-17-10-8-16(12-22)9-11-17/h4-11,15H,3,13-14H2,1-2H3,(H,23,24)/t15-/m0/s1. The lowest BCUT2D eigenvalue weighted by molar-refractivity contribution is -0.124. The third-order valence-corrected chi connectivity index (χ3v) is 5.08. The number of amides is 1. The fourth-order valence-electron chi connectivity index (χ4n) is 2.23. The molecule has 5 nitrogen and oxygen atoms in total. The second-order valence-electron chi connectivity index (χ2n) is 6.05. The number of ether oxygens (including phenoxy) is 1. The molecule has 0 heterocycles. The Balaban J connectivity index is 1.96. The van der Waals surface area contributed by atoms with Gasteiger partial charge in [-0.15, -0.1) is 11.8 Å². The number of carbonyl (C=O) groups is 2. The number of nitrogens with zero attached hydrogens (tertiary/aromatic N) is 1. The maximum atomic E-state index is 12.4. The van der Waals surface area contributed by atoms with Gasteiger partial charge < -0.3 is 10.1 Å². The van der Waals surface area contributed by atoms with E-state index in [1.807, 2.05) is 38.1 Å². The number of rotatable bonds is 8. The zero-order chi connectivity index (χ0) is 19.6. The Morgan fingerprint density at radius 2 is 1.89 bits per heavy atom. The van der Waals surface area contributed by atoms with Crippen molar-refractivity contribution in [2.45, 2.75) is 37.0 Å². The number of benzene rings is 2. The fraction of sp³-hybridized carbons (Fsp3) is 0.286.